The zero-order chi connectivity index (χ0) is 19.6. The predicted octanol–water partition coefficient (Wildman–Crippen LogP) is 3.18. The van der Waals surface area contributed by atoms with Crippen LogP contribution in [-0.2, 0) is 6.54 Å². The number of benzene rings is 2. The van der Waals surface area contributed by atoms with Crippen molar-refractivity contribution in [2.24, 2.45) is 4.99 Å². The molecule has 0 fully saturated rings. The Kier molecular flexibility index (Phi) is 8.23. The number of carbonyl (C=O) groups excluding carboxylic acids is 1. The number of aliphatic imine (C=N–C) groups is 1. The molecule has 2 rings (SSSR count). The third-order valence-corrected chi connectivity index (χ3v) is 4.19. The SMILES string of the molecule is CCNC(=NCc1ccc(Cl)cc1Cl)NCCNC(=O)c1ccc(O)cc1. The van der Waals surface area contributed by atoms with Crippen molar-refractivity contribution in [3.63, 3.8) is 0 Å². The Bertz CT molecular complexity index is 795. The summed E-state index contributed by atoms with van der Waals surface area (Å²) in [7, 11) is 0. The molecule has 0 unspecified atom stereocenters. The second-order valence-electron chi connectivity index (χ2n) is 5.66. The molecule has 0 aliphatic carbocycles. The van der Waals surface area contributed by atoms with Crippen molar-refractivity contribution in [3.05, 3.63) is 63.6 Å². The summed E-state index contributed by atoms with van der Waals surface area (Å²) in [5.41, 5.74) is 1.37. The van der Waals surface area contributed by atoms with Crippen LogP contribution in [0.2, 0.25) is 10.0 Å². The molecule has 0 radical (unpaired) electrons. The molecule has 1 amide bonds. The van der Waals surface area contributed by atoms with Crippen LogP contribution in [0.5, 0.6) is 5.75 Å². The molecule has 4 N–H and O–H groups in total. The Morgan fingerprint density at radius 1 is 1.04 bits per heavy atom. The van der Waals surface area contributed by atoms with E-state index in [4.69, 9.17) is 23.2 Å². The van der Waals surface area contributed by atoms with Gasteiger partial charge in [-0.3, -0.25) is 4.79 Å². The van der Waals surface area contributed by atoms with Gasteiger partial charge in [0.1, 0.15) is 5.75 Å². The summed E-state index contributed by atoms with van der Waals surface area (Å²) in [6.45, 7) is 4.01. The second-order valence-corrected chi connectivity index (χ2v) is 6.50. The Morgan fingerprint density at radius 3 is 2.41 bits per heavy atom. The van der Waals surface area contributed by atoms with Crippen LogP contribution in [-0.4, -0.2) is 36.6 Å². The topological polar surface area (TPSA) is 85.8 Å². The van der Waals surface area contributed by atoms with Gasteiger partial charge in [-0.1, -0.05) is 29.3 Å². The molecular formula is C19H22Cl2N4O2. The van der Waals surface area contributed by atoms with E-state index in [1.54, 1.807) is 24.3 Å². The molecule has 0 saturated carbocycles. The lowest BCUT2D eigenvalue weighted by molar-refractivity contribution is 0.0954. The third-order valence-electron chi connectivity index (χ3n) is 3.60. The lowest BCUT2D eigenvalue weighted by Gasteiger charge is -2.12. The number of halogens is 2. The molecule has 0 aliphatic heterocycles. The highest BCUT2D eigenvalue weighted by molar-refractivity contribution is 6.35. The number of hydrogen-bond donors (Lipinski definition) is 4. The fourth-order valence-electron chi connectivity index (χ4n) is 2.23. The van der Waals surface area contributed by atoms with Gasteiger partial charge in [-0.2, -0.15) is 0 Å². The third kappa shape index (κ3) is 7.00. The number of phenols is 1. The minimum atomic E-state index is -0.202. The van der Waals surface area contributed by atoms with Crippen molar-refractivity contribution in [1.82, 2.24) is 16.0 Å². The highest BCUT2D eigenvalue weighted by atomic mass is 35.5. The van der Waals surface area contributed by atoms with E-state index < -0.39 is 0 Å². The van der Waals surface area contributed by atoms with Crippen LogP contribution in [0.4, 0.5) is 0 Å². The van der Waals surface area contributed by atoms with Crippen LogP contribution in [0, 0.1) is 0 Å². The summed E-state index contributed by atoms with van der Waals surface area (Å²) in [6.07, 6.45) is 0. The van der Waals surface area contributed by atoms with Crippen molar-refractivity contribution < 1.29 is 9.90 Å². The number of phenolic OH excluding ortho intramolecular Hbond substituents is 1. The molecular weight excluding hydrogens is 387 g/mol. The molecule has 144 valence electrons. The fourth-order valence-corrected chi connectivity index (χ4v) is 2.70. The maximum Gasteiger partial charge on any atom is 0.251 e. The molecule has 2 aromatic rings. The summed E-state index contributed by atoms with van der Waals surface area (Å²) in [4.78, 5) is 16.5. The lowest BCUT2D eigenvalue weighted by Crippen LogP contribution is -2.41. The van der Waals surface area contributed by atoms with Gasteiger partial charge < -0.3 is 21.1 Å². The van der Waals surface area contributed by atoms with E-state index in [1.165, 1.54) is 12.1 Å². The first-order chi connectivity index (χ1) is 13.0. The average molecular weight is 409 g/mol. The molecule has 0 aromatic heterocycles. The van der Waals surface area contributed by atoms with Gasteiger partial charge >= 0.3 is 0 Å². The van der Waals surface area contributed by atoms with Gasteiger partial charge in [0.05, 0.1) is 6.54 Å². The van der Waals surface area contributed by atoms with Crippen LogP contribution in [0.3, 0.4) is 0 Å². The Balaban J connectivity index is 1.83. The van der Waals surface area contributed by atoms with Crippen molar-refractivity contribution in [2.45, 2.75) is 13.5 Å². The van der Waals surface area contributed by atoms with Crippen molar-refractivity contribution in [1.29, 1.82) is 0 Å². The number of carbonyl (C=O) groups is 1. The van der Waals surface area contributed by atoms with E-state index in [0.29, 0.717) is 47.7 Å². The van der Waals surface area contributed by atoms with E-state index in [2.05, 4.69) is 20.9 Å². The molecule has 0 atom stereocenters. The molecule has 27 heavy (non-hydrogen) atoms. The molecule has 0 spiro atoms. The Hall–Kier alpha value is -2.44. The molecule has 6 nitrogen and oxygen atoms in total. The van der Waals surface area contributed by atoms with Crippen LogP contribution >= 0.6 is 23.2 Å². The number of amides is 1. The molecule has 0 saturated heterocycles. The molecule has 8 heteroatoms. The van der Waals surface area contributed by atoms with Crippen LogP contribution in [0.1, 0.15) is 22.8 Å². The van der Waals surface area contributed by atoms with Crippen LogP contribution in [0.25, 0.3) is 0 Å². The predicted molar refractivity (Wildman–Crippen MR) is 110 cm³/mol. The van der Waals surface area contributed by atoms with Gasteiger partial charge in [-0.25, -0.2) is 4.99 Å². The zero-order valence-corrected chi connectivity index (χ0v) is 16.4. The highest BCUT2D eigenvalue weighted by Crippen LogP contribution is 2.21. The standard InChI is InChI=1S/C19H22Cl2N4O2/c1-2-22-19(25-12-14-3-6-15(20)11-17(14)21)24-10-9-23-18(27)13-4-7-16(26)8-5-13/h3-8,11,26H,2,9-10,12H2,1H3,(H,23,27)(H2,22,24,25). The number of aromatic hydroxyl groups is 1. The van der Waals surface area contributed by atoms with Crippen LogP contribution < -0.4 is 16.0 Å². The zero-order valence-electron chi connectivity index (χ0n) is 14.9. The summed E-state index contributed by atoms with van der Waals surface area (Å²) in [5, 5.41) is 19.5. The van der Waals surface area contributed by atoms with Gasteiger partial charge in [0.25, 0.3) is 5.91 Å². The van der Waals surface area contributed by atoms with E-state index in [9.17, 15) is 9.90 Å². The molecule has 0 heterocycles. The molecule has 2 aromatic carbocycles. The van der Waals surface area contributed by atoms with Crippen molar-refractivity contribution >= 4 is 35.1 Å². The Labute approximate surface area is 168 Å². The first kappa shape index (κ1) is 20.9. The highest BCUT2D eigenvalue weighted by Gasteiger charge is 2.05. The summed E-state index contributed by atoms with van der Waals surface area (Å²) >= 11 is 12.1. The second kappa shape index (κ2) is 10.6. The van der Waals surface area contributed by atoms with Gasteiger partial charge in [-0.05, 0) is 48.9 Å². The molecule has 0 bridgehead atoms. The summed E-state index contributed by atoms with van der Waals surface area (Å²) in [5.74, 6) is 0.551. The summed E-state index contributed by atoms with van der Waals surface area (Å²) < 4.78 is 0. The largest absolute Gasteiger partial charge is 0.508 e. The van der Waals surface area contributed by atoms with Crippen molar-refractivity contribution in [3.8, 4) is 5.75 Å². The van der Waals surface area contributed by atoms with Gasteiger partial charge in [0, 0.05) is 35.2 Å². The van der Waals surface area contributed by atoms with E-state index >= 15 is 0 Å². The maximum atomic E-state index is 12.0. The van der Waals surface area contributed by atoms with E-state index in [0.717, 1.165) is 5.56 Å². The monoisotopic (exact) mass is 408 g/mol. The number of hydrogen-bond acceptors (Lipinski definition) is 3. The first-order valence-electron chi connectivity index (χ1n) is 8.53. The van der Waals surface area contributed by atoms with Gasteiger partial charge in [-0.15, -0.1) is 0 Å². The van der Waals surface area contributed by atoms with Gasteiger partial charge in [0.15, 0.2) is 5.96 Å². The number of rotatable bonds is 7. The molecule has 0 aliphatic rings. The maximum absolute atomic E-state index is 12.0. The van der Waals surface area contributed by atoms with Crippen molar-refractivity contribution in [2.75, 3.05) is 19.6 Å². The van der Waals surface area contributed by atoms with E-state index in [-0.39, 0.29) is 11.7 Å². The number of guanidine groups is 1. The van der Waals surface area contributed by atoms with Gasteiger partial charge in [0.2, 0.25) is 0 Å². The number of nitrogens with one attached hydrogen (secondary N) is 3. The first-order valence-corrected chi connectivity index (χ1v) is 9.28. The smallest absolute Gasteiger partial charge is 0.251 e. The quantitative estimate of drug-likeness (QED) is 0.322. The minimum absolute atomic E-state index is 0.125. The normalized spacial score (nSPS) is 11.1. The van der Waals surface area contributed by atoms with Crippen LogP contribution in [0.15, 0.2) is 47.5 Å². The number of nitrogens with zero attached hydrogens (tertiary/aromatic N) is 1. The fraction of sp³-hybridized carbons (Fsp3) is 0.263. The lowest BCUT2D eigenvalue weighted by atomic mass is 10.2. The summed E-state index contributed by atoms with van der Waals surface area (Å²) in [6, 6.07) is 11.4. The van der Waals surface area contributed by atoms with E-state index in [1.807, 2.05) is 13.0 Å². The minimum Gasteiger partial charge on any atom is -0.508 e. The Morgan fingerprint density at radius 2 is 1.74 bits per heavy atom. The average Bonchev–Trinajstić information content (AvgIpc) is 2.64.